The number of nitrogens with one attached hydrogen (secondary N) is 1. The number of ether oxygens (including phenoxy) is 2. The van der Waals surface area contributed by atoms with Crippen molar-refractivity contribution in [2.45, 2.75) is 45.8 Å². The fraction of sp³-hybridized carbons (Fsp3) is 0.435. The van der Waals surface area contributed by atoms with E-state index in [4.69, 9.17) is 9.47 Å². The predicted octanol–water partition coefficient (Wildman–Crippen LogP) is 3.50. The summed E-state index contributed by atoms with van der Waals surface area (Å²) in [5.41, 5.74) is 2.47. The van der Waals surface area contributed by atoms with Gasteiger partial charge in [0.1, 0.15) is 23.6 Å². The summed E-state index contributed by atoms with van der Waals surface area (Å²) >= 11 is 0. The van der Waals surface area contributed by atoms with E-state index in [1.807, 2.05) is 58.0 Å². The van der Waals surface area contributed by atoms with E-state index in [1.165, 1.54) is 4.31 Å². The molecule has 0 radical (unpaired) electrons. The quantitative estimate of drug-likeness (QED) is 0.734. The minimum absolute atomic E-state index is 0.298. The lowest BCUT2D eigenvalue weighted by Crippen LogP contribution is -2.45. The lowest BCUT2D eigenvalue weighted by atomic mass is 9.89. The van der Waals surface area contributed by atoms with Crippen LogP contribution in [0.5, 0.6) is 11.5 Å². The van der Waals surface area contributed by atoms with Gasteiger partial charge >= 0.3 is 0 Å². The van der Waals surface area contributed by atoms with Crippen LogP contribution < -0.4 is 19.1 Å². The first-order valence-corrected chi connectivity index (χ1v) is 12.0. The molecule has 0 bridgehead atoms. The highest BCUT2D eigenvalue weighted by Gasteiger charge is 2.35. The molecule has 0 aromatic heterocycles. The number of carbonyl (C=O) groups excluding carboxylic acids is 1. The number of para-hydroxylation sites is 1. The lowest BCUT2D eigenvalue weighted by Gasteiger charge is -2.38. The van der Waals surface area contributed by atoms with Gasteiger partial charge in [0, 0.05) is 18.1 Å². The van der Waals surface area contributed by atoms with Crippen molar-refractivity contribution in [3.8, 4) is 11.5 Å². The second-order valence-corrected chi connectivity index (χ2v) is 10.5. The fourth-order valence-corrected chi connectivity index (χ4v) is 4.99. The van der Waals surface area contributed by atoms with Gasteiger partial charge in [-0.25, -0.2) is 8.42 Å². The van der Waals surface area contributed by atoms with Crippen LogP contribution in [0.25, 0.3) is 0 Å². The number of aryl methyl sites for hydroxylation is 2. The number of fused-ring (bicyclic) bond motifs is 1. The molecule has 31 heavy (non-hydrogen) atoms. The molecule has 7 nitrogen and oxygen atoms in total. The number of anilines is 1. The van der Waals surface area contributed by atoms with Gasteiger partial charge in [-0.2, -0.15) is 0 Å². The van der Waals surface area contributed by atoms with Crippen molar-refractivity contribution in [1.29, 1.82) is 0 Å². The molecule has 0 aliphatic carbocycles. The summed E-state index contributed by atoms with van der Waals surface area (Å²) in [6, 6.07) is 10.7. The van der Waals surface area contributed by atoms with Crippen molar-refractivity contribution < 1.29 is 22.7 Å². The van der Waals surface area contributed by atoms with Crippen molar-refractivity contribution in [3.05, 3.63) is 53.1 Å². The van der Waals surface area contributed by atoms with E-state index in [-0.39, 0.29) is 18.5 Å². The molecule has 2 aromatic carbocycles. The summed E-state index contributed by atoms with van der Waals surface area (Å²) in [5, 5.41) is 3.01. The van der Waals surface area contributed by atoms with E-state index in [2.05, 4.69) is 5.32 Å². The molecule has 168 valence electrons. The van der Waals surface area contributed by atoms with Crippen LogP contribution in [0.15, 0.2) is 36.4 Å². The summed E-state index contributed by atoms with van der Waals surface area (Å²) in [4.78, 5) is 13.0. The molecule has 8 heteroatoms. The molecule has 0 saturated heterocycles. The van der Waals surface area contributed by atoms with Gasteiger partial charge < -0.3 is 14.8 Å². The molecular weight excluding hydrogens is 416 g/mol. The highest BCUT2D eigenvalue weighted by atomic mass is 32.2. The molecular formula is C23H30N2O5S. The highest BCUT2D eigenvalue weighted by Crippen LogP contribution is 2.41. The summed E-state index contributed by atoms with van der Waals surface area (Å²) < 4.78 is 37.6. The van der Waals surface area contributed by atoms with Crippen LogP contribution in [-0.2, 0) is 14.8 Å². The number of benzene rings is 2. The molecule has 0 fully saturated rings. The van der Waals surface area contributed by atoms with E-state index >= 15 is 0 Å². The van der Waals surface area contributed by atoms with Gasteiger partial charge in [-0.05, 0) is 51.0 Å². The normalized spacial score (nSPS) is 17.3. The van der Waals surface area contributed by atoms with Gasteiger partial charge in [0.25, 0.3) is 0 Å². The third-order valence-electron chi connectivity index (χ3n) is 5.39. The Hall–Kier alpha value is -2.74. The monoisotopic (exact) mass is 446 g/mol. The number of rotatable bonds is 6. The Bertz CT molecular complexity index is 1070. The number of hydrogen-bond donors (Lipinski definition) is 1. The summed E-state index contributed by atoms with van der Waals surface area (Å²) in [6.07, 6.45) is 1.67. The predicted molar refractivity (Wildman–Crippen MR) is 121 cm³/mol. The fourth-order valence-electron chi connectivity index (χ4n) is 4.02. The van der Waals surface area contributed by atoms with Gasteiger partial charge in [0.15, 0.2) is 0 Å². The zero-order valence-corrected chi connectivity index (χ0v) is 19.7. The Morgan fingerprint density at radius 1 is 1.23 bits per heavy atom. The first kappa shape index (κ1) is 22.9. The molecule has 0 spiro atoms. The van der Waals surface area contributed by atoms with Gasteiger partial charge in [-0.15, -0.1) is 0 Å². The number of hydrogen-bond acceptors (Lipinski definition) is 5. The van der Waals surface area contributed by atoms with Crippen molar-refractivity contribution in [3.63, 3.8) is 0 Å². The topological polar surface area (TPSA) is 84.9 Å². The molecule has 0 saturated carbocycles. The van der Waals surface area contributed by atoms with E-state index in [9.17, 15) is 13.2 Å². The number of carbonyl (C=O) groups is 1. The second-order valence-electron chi connectivity index (χ2n) is 8.60. The van der Waals surface area contributed by atoms with Crippen LogP contribution in [0.4, 0.5) is 5.69 Å². The SMILES string of the molecule is COc1ccc2c(c1)OC(C)(C)C[C@@H]2NC(=O)CN(c1c(C)cccc1C)S(C)(=O)=O. The van der Waals surface area contributed by atoms with Crippen LogP contribution in [0.1, 0.15) is 43.0 Å². The van der Waals surface area contributed by atoms with Gasteiger partial charge in [-0.3, -0.25) is 9.10 Å². The average Bonchev–Trinajstić information content (AvgIpc) is 2.64. The molecule has 1 heterocycles. The van der Waals surface area contributed by atoms with Crippen molar-refractivity contribution in [2.24, 2.45) is 0 Å². The Kier molecular flexibility index (Phi) is 6.23. The number of methoxy groups -OCH3 is 1. The zero-order chi connectivity index (χ0) is 23.0. The van der Waals surface area contributed by atoms with Gasteiger partial charge in [-0.1, -0.05) is 18.2 Å². The van der Waals surface area contributed by atoms with Crippen LogP contribution in [0.3, 0.4) is 0 Å². The zero-order valence-electron chi connectivity index (χ0n) is 18.9. The number of amides is 1. The van der Waals surface area contributed by atoms with Crippen molar-refractivity contribution >= 4 is 21.6 Å². The Labute approximate surface area is 184 Å². The average molecular weight is 447 g/mol. The second kappa shape index (κ2) is 8.42. The van der Waals surface area contributed by atoms with Crippen LogP contribution in [0, 0.1) is 13.8 Å². The van der Waals surface area contributed by atoms with E-state index in [0.717, 1.165) is 22.9 Å². The molecule has 1 amide bonds. The maximum Gasteiger partial charge on any atom is 0.241 e. The van der Waals surface area contributed by atoms with Crippen molar-refractivity contribution in [2.75, 3.05) is 24.2 Å². The summed E-state index contributed by atoms with van der Waals surface area (Å²) in [6.45, 7) is 7.28. The summed E-state index contributed by atoms with van der Waals surface area (Å²) in [7, 11) is -2.07. The van der Waals surface area contributed by atoms with Crippen LogP contribution in [0.2, 0.25) is 0 Å². The smallest absolute Gasteiger partial charge is 0.241 e. The first-order chi connectivity index (χ1) is 14.4. The van der Waals surface area contributed by atoms with Crippen LogP contribution >= 0.6 is 0 Å². The highest BCUT2D eigenvalue weighted by molar-refractivity contribution is 7.92. The summed E-state index contributed by atoms with van der Waals surface area (Å²) in [5.74, 6) is 0.938. The Morgan fingerprint density at radius 3 is 2.45 bits per heavy atom. The third-order valence-corrected chi connectivity index (χ3v) is 6.50. The maximum atomic E-state index is 13.0. The molecule has 2 aromatic rings. The van der Waals surface area contributed by atoms with Gasteiger partial charge in [0.05, 0.1) is 25.1 Å². The molecule has 1 N–H and O–H groups in total. The van der Waals surface area contributed by atoms with Crippen molar-refractivity contribution in [1.82, 2.24) is 5.32 Å². The first-order valence-electron chi connectivity index (χ1n) is 10.1. The molecule has 1 aliphatic heterocycles. The molecule has 0 unspecified atom stereocenters. The van der Waals surface area contributed by atoms with Gasteiger partial charge in [0.2, 0.25) is 15.9 Å². The Balaban J connectivity index is 1.88. The molecule has 1 aliphatic rings. The maximum absolute atomic E-state index is 13.0. The molecule has 1 atom stereocenters. The van der Waals surface area contributed by atoms with E-state index in [0.29, 0.717) is 23.6 Å². The largest absolute Gasteiger partial charge is 0.497 e. The lowest BCUT2D eigenvalue weighted by molar-refractivity contribution is -0.120. The molecule has 3 rings (SSSR count). The number of sulfonamides is 1. The van der Waals surface area contributed by atoms with Crippen LogP contribution in [-0.4, -0.2) is 39.8 Å². The third kappa shape index (κ3) is 5.12. The standard InChI is InChI=1S/C23H30N2O5S/c1-15-8-7-9-16(2)22(15)25(31(6,27)28)14-21(26)24-19-13-23(3,4)30-20-12-17(29-5)10-11-18(19)20/h7-12,19H,13-14H2,1-6H3,(H,24,26)/t19-/m0/s1. The van der Waals surface area contributed by atoms with E-state index < -0.39 is 15.6 Å². The minimum Gasteiger partial charge on any atom is -0.497 e. The minimum atomic E-state index is -3.66. The van der Waals surface area contributed by atoms with E-state index in [1.54, 1.807) is 13.2 Å². The number of nitrogens with zero attached hydrogens (tertiary/aromatic N) is 1. The Morgan fingerprint density at radius 2 is 1.87 bits per heavy atom.